The summed E-state index contributed by atoms with van der Waals surface area (Å²) in [6.45, 7) is 29.0. The van der Waals surface area contributed by atoms with E-state index in [9.17, 15) is 0 Å². The zero-order chi connectivity index (χ0) is 68.8. The molecule has 11 aromatic carbocycles. The summed E-state index contributed by atoms with van der Waals surface area (Å²) in [5.74, 6) is 0. The molecule has 7 unspecified atom stereocenters. The fraction of sp³-hybridized carbons (Fsp3) is 0.214. The highest BCUT2D eigenvalue weighted by Gasteiger charge is 2.29. The molecule has 0 saturated heterocycles. The van der Waals surface area contributed by atoms with Gasteiger partial charge in [-0.15, -0.1) is 0 Å². The number of benzene rings is 11. The Hall–Kier alpha value is -6.40. The van der Waals surface area contributed by atoms with Crippen LogP contribution in [0.15, 0.2) is 334 Å². The van der Waals surface area contributed by atoms with Gasteiger partial charge in [-0.1, -0.05) is 338 Å². The Labute approximate surface area is 588 Å². The minimum atomic E-state index is -0.663. The first-order valence-corrected chi connectivity index (χ1v) is 40.0. The monoisotopic (exact) mass is 1380 g/mol. The molecule has 0 saturated carbocycles. The maximum Gasteiger partial charge on any atom is 0.102 e. The van der Waals surface area contributed by atoms with Crippen LogP contribution in [0, 0.1) is 20.8 Å². The van der Waals surface area contributed by atoms with E-state index in [0.29, 0.717) is 50.4 Å². The third kappa shape index (κ3) is 30.6. The fourth-order valence-corrected chi connectivity index (χ4v) is 21.3. The lowest BCUT2D eigenvalue weighted by Gasteiger charge is -2.39. The molecule has 0 heterocycles. The van der Waals surface area contributed by atoms with Gasteiger partial charge in [0.2, 0.25) is 0 Å². The summed E-state index contributed by atoms with van der Waals surface area (Å²) >= 11 is 0. The highest BCUT2D eigenvalue weighted by molar-refractivity contribution is 7.72. The second kappa shape index (κ2) is 44.5. The van der Waals surface area contributed by atoms with Crippen LogP contribution >= 0.6 is 50.9 Å². The van der Waals surface area contributed by atoms with Crippen molar-refractivity contribution < 1.29 is 0 Å². The Morgan fingerprint density at radius 2 is 0.531 bits per heavy atom. The lowest BCUT2D eigenvalue weighted by molar-refractivity contribution is 0.503. The average Bonchev–Trinajstić information content (AvgIpc) is 0.865. The number of hydrogen-bond acceptors (Lipinski definition) is 6. The molecule has 0 aliphatic carbocycles. The molecule has 500 valence electrons. The molecule has 0 fully saturated rings. The third-order valence-corrected chi connectivity index (χ3v) is 27.8. The van der Waals surface area contributed by atoms with E-state index in [1.54, 1.807) is 0 Å². The summed E-state index contributed by atoms with van der Waals surface area (Å²) in [5.41, 5.74) is 6.54. The number of para-hydroxylation sites is 1. The summed E-state index contributed by atoms with van der Waals surface area (Å²) in [6.07, 6.45) is 0. The van der Waals surface area contributed by atoms with Crippen molar-refractivity contribution in [2.45, 2.75) is 120 Å². The highest BCUT2D eigenvalue weighted by Crippen LogP contribution is 2.50. The van der Waals surface area contributed by atoms with Gasteiger partial charge in [-0.05, 0) is 150 Å². The standard InChI is InChI=1S/C23H28N2P2.C21H24N2P2.C19H28N2P2.3C7H8/c1-19(2)25(26-22-15-9-5-10-16-22)27(23-17-11-6-12-18-23)24-20(3)21-13-7-4-8-14-21;1-18(2)23(24-20-14-8-4-9-15-20)25(21-16-10-5-11-17-21)22-19-12-6-3-7-13-19;1-16(2)21(22-17-12-8-6-9-13-17)23(20-19(3,4)5)18-14-10-7-11-15-18;3*1-7-5-3-2-4-6-7/h4-20,24,26H,1-3H3;3-18,22,24H,1-2H3;6-16,20,22H,1-5H3;3*2-6H,1H3. The Balaban J connectivity index is 0.000000197. The topological polar surface area (TPSA) is 45.8 Å². The molecule has 96 heavy (non-hydrogen) atoms. The van der Waals surface area contributed by atoms with Crippen LogP contribution < -0.4 is 47.1 Å². The van der Waals surface area contributed by atoms with Crippen molar-refractivity contribution in [2.24, 2.45) is 0 Å². The number of nitrogens with one attached hydrogen (secondary N) is 3. The van der Waals surface area contributed by atoms with Crippen molar-refractivity contribution in [3.05, 3.63) is 356 Å². The Kier molecular flexibility index (Phi) is 36.4. The normalized spacial score (nSPS) is 12.6. The van der Waals surface area contributed by atoms with E-state index in [4.69, 9.17) is 0 Å². The molecule has 0 spiro atoms. The van der Waals surface area contributed by atoms with Gasteiger partial charge in [-0.2, -0.15) is 0 Å². The largest absolute Gasteiger partial charge is 0.348 e. The van der Waals surface area contributed by atoms with Crippen LogP contribution in [0.25, 0.3) is 0 Å². The van der Waals surface area contributed by atoms with Gasteiger partial charge in [0.05, 0.1) is 16.4 Å². The fourth-order valence-electron chi connectivity index (χ4n) is 9.17. The van der Waals surface area contributed by atoms with E-state index in [1.165, 1.54) is 59.8 Å². The molecule has 0 aromatic heterocycles. The lowest BCUT2D eigenvalue weighted by Crippen LogP contribution is -2.40. The quantitative estimate of drug-likeness (QED) is 0.0623. The summed E-state index contributed by atoms with van der Waals surface area (Å²) < 4.78 is 7.83. The lowest BCUT2D eigenvalue weighted by atomic mass is 10.1. The SMILES string of the molecule is CC(C)N(Pc1ccccc1)P(NC(C)(C)C)c1ccccc1.CC(C)N(Pc1ccccc1)P(Nc1ccccc1)c1ccccc1.CC(NP(c1ccccc1)N(Pc1ccccc1)C(C)C)c1ccccc1.Cc1ccccc1.Cc1ccccc1.Cc1ccccc1. The molecule has 0 bridgehead atoms. The minimum Gasteiger partial charge on any atom is -0.348 e. The highest BCUT2D eigenvalue weighted by atomic mass is 31.2. The first-order valence-electron chi connectivity index (χ1n) is 33.3. The van der Waals surface area contributed by atoms with E-state index in [-0.39, 0.29) is 5.54 Å². The number of rotatable bonds is 21. The molecular formula is C84H104N6P6. The van der Waals surface area contributed by atoms with Crippen LogP contribution in [0.1, 0.15) is 97.5 Å². The van der Waals surface area contributed by atoms with Gasteiger partial charge < -0.3 is 5.09 Å². The first kappa shape index (κ1) is 78.6. The smallest absolute Gasteiger partial charge is 0.102 e. The number of aryl methyl sites for hydroxylation is 3. The Morgan fingerprint density at radius 1 is 0.292 bits per heavy atom. The number of nitrogens with zero attached hydrogens (tertiary/aromatic N) is 3. The van der Waals surface area contributed by atoms with Crippen molar-refractivity contribution >= 4 is 88.4 Å². The molecule has 11 rings (SSSR count). The van der Waals surface area contributed by atoms with Gasteiger partial charge in [0.15, 0.2) is 0 Å². The zero-order valence-electron chi connectivity index (χ0n) is 58.7. The van der Waals surface area contributed by atoms with Crippen LogP contribution in [-0.4, -0.2) is 37.0 Å². The van der Waals surface area contributed by atoms with Crippen molar-refractivity contribution in [2.75, 3.05) is 5.09 Å². The van der Waals surface area contributed by atoms with Crippen LogP contribution in [0.5, 0.6) is 0 Å². The van der Waals surface area contributed by atoms with Crippen LogP contribution in [0.2, 0.25) is 0 Å². The maximum absolute atomic E-state index is 3.95. The number of hydrogen-bond donors (Lipinski definition) is 3. The molecule has 0 aliphatic rings. The van der Waals surface area contributed by atoms with Gasteiger partial charge in [-0.3, -0.25) is 10.2 Å². The molecule has 11 aromatic rings. The van der Waals surface area contributed by atoms with Crippen molar-refractivity contribution in [3.8, 4) is 0 Å². The summed E-state index contributed by atoms with van der Waals surface area (Å²) in [7, 11) is 0.0517. The van der Waals surface area contributed by atoms with Gasteiger partial charge in [0.1, 0.15) is 8.22 Å². The van der Waals surface area contributed by atoms with Gasteiger partial charge >= 0.3 is 0 Å². The van der Waals surface area contributed by atoms with E-state index in [1.807, 2.05) is 54.6 Å². The molecule has 3 N–H and O–H groups in total. The van der Waals surface area contributed by atoms with E-state index < -0.39 is 24.7 Å². The molecule has 0 radical (unpaired) electrons. The molecule has 0 amide bonds. The van der Waals surface area contributed by atoms with Crippen LogP contribution in [0.3, 0.4) is 0 Å². The Bertz CT molecular complexity index is 3590. The van der Waals surface area contributed by atoms with E-state index in [0.717, 1.165) is 0 Å². The summed E-state index contributed by atoms with van der Waals surface area (Å²) in [5, 5.41) is 19.9. The van der Waals surface area contributed by atoms with Crippen LogP contribution in [-0.2, 0) is 0 Å². The second-order valence-electron chi connectivity index (χ2n) is 24.8. The molecule has 12 heteroatoms. The van der Waals surface area contributed by atoms with Crippen molar-refractivity contribution in [3.63, 3.8) is 0 Å². The van der Waals surface area contributed by atoms with E-state index in [2.05, 4.69) is 398 Å². The van der Waals surface area contributed by atoms with Crippen molar-refractivity contribution in [1.29, 1.82) is 0 Å². The molecule has 0 aliphatic heterocycles. The predicted molar refractivity (Wildman–Crippen MR) is 438 cm³/mol. The first-order chi connectivity index (χ1) is 46.4. The summed E-state index contributed by atoms with van der Waals surface area (Å²) in [6, 6.07) is 119. The summed E-state index contributed by atoms with van der Waals surface area (Å²) in [4.78, 5) is 0. The second-order valence-corrected chi connectivity index (χ2v) is 35.2. The zero-order valence-corrected chi connectivity index (χ0v) is 64.4. The van der Waals surface area contributed by atoms with E-state index >= 15 is 0 Å². The van der Waals surface area contributed by atoms with Crippen molar-refractivity contribution in [1.82, 2.24) is 23.5 Å². The van der Waals surface area contributed by atoms with Crippen LogP contribution in [0.4, 0.5) is 5.69 Å². The predicted octanol–water partition coefficient (Wildman–Crippen LogP) is 21.6. The minimum absolute atomic E-state index is 0.0792. The van der Waals surface area contributed by atoms with Gasteiger partial charge in [0, 0.05) is 51.3 Å². The average molecular weight is 1380 g/mol. The third-order valence-electron chi connectivity index (χ3n) is 14.1. The molecular weight excluding hydrogens is 1280 g/mol. The van der Waals surface area contributed by atoms with Gasteiger partial charge in [-0.25, -0.2) is 13.3 Å². The Morgan fingerprint density at radius 3 is 0.812 bits per heavy atom. The molecule has 6 nitrogen and oxygen atoms in total. The number of anilines is 1. The molecule has 7 atom stereocenters. The van der Waals surface area contributed by atoms with Gasteiger partial charge in [0.25, 0.3) is 0 Å². The maximum atomic E-state index is 3.95.